The maximum absolute atomic E-state index is 10.1. The second kappa shape index (κ2) is 7.36. The first kappa shape index (κ1) is 15.8. The molecule has 19 heavy (non-hydrogen) atoms. The number of phenolic OH excluding ortho intramolecular Hbond substituents is 1. The fourth-order valence-electron chi connectivity index (χ4n) is 2.03. The average Bonchev–Trinajstić information content (AvgIpc) is 2.35. The Bertz CT molecular complexity index is 393. The Morgan fingerprint density at radius 1 is 1.21 bits per heavy atom. The maximum atomic E-state index is 10.1. The number of anilines is 1. The van der Waals surface area contributed by atoms with Crippen LogP contribution in [0.5, 0.6) is 5.75 Å². The number of hydrogen-bond acceptors (Lipinski definition) is 4. The third kappa shape index (κ3) is 4.73. The molecule has 0 heterocycles. The summed E-state index contributed by atoms with van der Waals surface area (Å²) in [6.45, 7) is 6.96. The van der Waals surface area contributed by atoms with Crippen molar-refractivity contribution in [3.63, 3.8) is 0 Å². The molecular formula is C15H27N3O. The van der Waals surface area contributed by atoms with Gasteiger partial charge in [-0.15, -0.1) is 0 Å². The van der Waals surface area contributed by atoms with E-state index in [-0.39, 0.29) is 6.04 Å². The minimum absolute atomic E-state index is 0.172. The number of likely N-dealkylation sites (N-methyl/N-ethyl adjacent to an activating group) is 2. The normalized spacial score (nSPS) is 12.7. The van der Waals surface area contributed by atoms with E-state index in [1.165, 1.54) is 0 Å². The topological polar surface area (TPSA) is 38.7 Å². The molecule has 4 nitrogen and oxygen atoms in total. The van der Waals surface area contributed by atoms with Gasteiger partial charge in [-0.3, -0.25) is 0 Å². The lowest BCUT2D eigenvalue weighted by molar-refractivity contribution is 0.416. The molecule has 0 saturated heterocycles. The van der Waals surface area contributed by atoms with Crippen molar-refractivity contribution in [2.45, 2.75) is 19.9 Å². The predicted molar refractivity (Wildman–Crippen MR) is 82.0 cm³/mol. The molecule has 1 rings (SSSR count). The molecular weight excluding hydrogens is 238 g/mol. The van der Waals surface area contributed by atoms with Gasteiger partial charge in [-0.05, 0) is 33.6 Å². The molecule has 0 saturated carbocycles. The molecule has 0 bridgehead atoms. The summed E-state index contributed by atoms with van der Waals surface area (Å²) in [5.74, 6) is 0.364. The zero-order valence-electron chi connectivity index (χ0n) is 12.8. The van der Waals surface area contributed by atoms with Gasteiger partial charge in [-0.1, -0.05) is 13.0 Å². The minimum Gasteiger partial charge on any atom is -0.508 e. The Kier molecular flexibility index (Phi) is 6.12. The van der Waals surface area contributed by atoms with E-state index < -0.39 is 0 Å². The zero-order chi connectivity index (χ0) is 14.4. The third-order valence-electron chi connectivity index (χ3n) is 3.31. The summed E-state index contributed by atoms with van der Waals surface area (Å²) in [7, 11) is 6.17. The van der Waals surface area contributed by atoms with Crippen molar-refractivity contribution in [1.29, 1.82) is 0 Å². The monoisotopic (exact) mass is 265 g/mol. The van der Waals surface area contributed by atoms with Gasteiger partial charge in [0.25, 0.3) is 0 Å². The van der Waals surface area contributed by atoms with Crippen molar-refractivity contribution in [3.05, 3.63) is 23.8 Å². The Balaban J connectivity index is 2.75. The molecule has 4 heteroatoms. The van der Waals surface area contributed by atoms with Crippen LogP contribution in [0, 0.1) is 0 Å². The molecule has 0 spiro atoms. The lowest BCUT2D eigenvalue weighted by Crippen LogP contribution is -2.28. The summed E-state index contributed by atoms with van der Waals surface area (Å²) in [6.07, 6.45) is 0. The van der Waals surface area contributed by atoms with Crippen LogP contribution in [-0.2, 0) is 0 Å². The Labute approximate surface area is 117 Å². The number of aromatic hydroxyl groups is 1. The molecule has 0 radical (unpaired) electrons. The van der Waals surface area contributed by atoms with Crippen LogP contribution in [0.2, 0.25) is 0 Å². The van der Waals surface area contributed by atoms with Crippen LogP contribution >= 0.6 is 0 Å². The second-order valence-corrected chi connectivity index (χ2v) is 5.25. The van der Waals surface area contributed by atoms with Gasteiger partial charge in [0, 0.05) is 43.5 Å². The fourth-order valence-corrected chi connectivity index (χ4v) is 2.03. The molecule has 108 valence electrons. The number of nitrogens with one attached hydrogen (secondary N) is 1. The van der Waals surface area contributed by atoms with Crippen LogP contribution in [0.25, 0.3) is 0 Å². The molecule has 2 N–H and O–H groups in total. The molecule has 0 aliphatic carbocycles. The smallest absolute Gasteiger partial charge is 0.122 e. The minimum atomic E-state index is 0.172. The molecule has 1 unspecified atom stereocenters. The van der Waals surface area contributed by atoms with E-state index in [2.05, 4.69) is 49.1 Å². The summed E-state index contributed by atoms with van der Waals surface area (Å²) in [4.78, 5) is 4.30. The van der Waals surface area contributed by atoms with Gasteiger partial charge in [-0.25, -0.2) is 0 Å². The predicted octanol–water partition coefficient (Wildman–Crippen LogP) is 2.06. The molecule has 1 aromatic carbocycles. The van der Waals surface area contributed by atoms with E-state index in [1.807, 2.05) is 19.2 Å². The van der Waals surface area contributed by atoms with Crippen LogP contribution in [-0.4, -0.2) is 50.8 Å². The van der Waals surface area contributed by atoms with Crippen LogP contribution in [0.4, 0.5) is 5.69 Å². The largest absolute Gasteiger partial charge is 0.508 e. The first-order valence-electron chi connectivity index (χ1n) is 6.87. The van der Waals surface area contributed by atoms with Gasteiger partial charge < -0.3 is 20.2 Å². The van der Waals surface area contributed by atoms with Gasteiger partial charge in [0.1, 0.15) is 5.75 Å². The van der Waals surface area contributed by atoms with E-state index in [1.54, 1.807) is 0 Å². The van der Waals surface area contributed by atoms with Gasteiger partial charge >= 0.3 is 0 Å². The van der Waals surface area contributed by atoms with Crippen molar-refractivity contribution in [3.8, 4) is 5.75 Å². The molecule has 0 aromatic heterocycles. The van der Waals surface area contributed by atoms with Crippen LogP contribution in [0.3, 0.4) is 0 Å². The molecule has 1 aromatic rings. The molecule has 1 atom stereocenters. The maximum Gasteiger partial charge on any atom is 0.122 e. The van der Waals surface area contributed by atoms with E-state index in [0.29, 0.717) is 5.75 Å². The van der Waals surface area contributed by atoms with Gasteiger partial charge in [0.05, 0.1) is 0 Å². The molecule has 0 aliphatic rings. The quantitative estimate of drug-likeness (QED) is 0.791. The lowest BCUT2D eigenvalue weighted by Gasteiger charge is -2.23. The number of benzene rings is 1. The number of nitrogens with zero attached hydrogens (tertiary/aromatic N) is 2. The average molecular weight is 265 g/mol. The van der Waals surface area contributed by atoms with Crippen LogP contribution in [0.15, 0.2) is 18.2 Å². The molecule has 0 aliphatic heterocycles. The number of hydrogen-bond donors (Lipinski definition) is 2. The van der Waals surface area contributed by atoms with E-state index in [4.69, 9.17) is 0 Å². The molecule has 0 amide bonds. The van der Waals surface area contributed by atoms with E-state index >= 15 is 0 Å². The van der Waals surface area contributed by atoms with Gasteiger partial charge in [0.15, 0.2) is 0 Å². The third-order valence-corrected chi connectivity index (χ3v) is 3.31. The Morgan fingerprint density at radius 2 is 1.89 bits per heavy atom. The molecule has 0 fully saturated rings. The highest BCUT2D eigenvalue weighted by Crippen LogP contribution is 2.28. The first-order valence-corrected chi connectivity index (χ1v) is 6.87. The standard InChI is InChI=1S/C15H27N3O/c1-6-16-12(2)14-8-7-13(11-15(14)19)18(5)10-9-17(3)4/h7-8,11-12,16,19H,6,9-10H2,1-5H3. The summed E-state index contributed by atoms with van der Waals surface area (Å²) in [5.41, 5.74) is 2.00. The lowest BCUT2D eigenvalue weighted by atomic mass is 10.1. The summed E-state index contributed by atoms with van der Waals surface area (Å²) in [6, 6.07) is 6.09. The van der Waals surface area contributed by atoms with Crippen molar-refractivity contribution in [2.24, 2.45) is 0 Å². The highest BCUT2D eigenvalue weighted by atomic mass is 16.3. The van der Waals surface area contributed by atoms with Gasteiger partial charge in [0.2, 0.25) is 0 Å². The highest BCUT2D eigenvalue weighted by Gasteiger charge is 2.11. The van der Waals surface area contributed by atoms with Crippen LogP contribution in [0.1, 0.15) is 25.5 Å². The second-order valence-electron chi connectivity index (χ2n) is 5.25. The Hall–Kier alpha value is -1.26. The zero-order valence-corrected chi connectivity index (χ0v) is 12.8. The van der Waals surface area contributed by atoms with E-state index in [0.717, 1.165) is 30.9 Å². The number of phenols is 1. The highest BCUT2D eigenvalue weighted by molar-refractivity contribution is 5.53. The van der Waals surface area contributed by atoms with Crippen molar-refractivity contribution >= 4 is 5.69 Å². The number of rotatable bonds is 7. The van der Waals surface area contributed by atoms with Crippen molar-refractivity contribution < 1.29 is 5.11 Å². The first-order chi connectivity index (χ1) is 8.95. The summed E-state index contributed by atoms with van der Waals surface area (Å²) >= 11 is 0. The van der Waals surface area contributed by atoms with Crippen molar-refractivity contribution in [1.82, 2.24) is 10.2 Å². The van der Waals surface area contributed by atoms with Crippen molar-refractivity contribution in [2.75, 3.05) is 45.7 Å². The van der Waals surface area contributed by atoms with E-state index in [9.17, 15) is 5.11 Å². The summed E-state index contributed by atoms with van der Waals surface area (Å²) < 4.78 is 0. The summed E-state index contributed by atoms with van der Waals surface area (Å²) in [5, 5.41) is 13.4. The Morgan fingerprint density at radius 3 is 2.42 bits per heavy atom. The van der Waals surface area contributed by atoms with Gasteiger partial charge in [-0.2, -0.15) is 0 Å². The fraction of sp³-hybridized carbons (Fsp3) is 0.600. The van der Waals surface area contributed by atoms with Crippen LogP contribution < -0.4 is 10.2 Å². The SMILES string of the molecule is CCNC(C)c1ccc(N(C)CCN(C)C)cc1O.